The van der Waals surface area contributed by atoms with Crippen LogP contribution in [0, 0.1) is 5.82 Å². The summed E-state index contributed by atoms with van der Waals surface area (Å²) in [6.45, 7) is 2.05. The van der Waals surface area contributed by atoms with Crippen molar-refractivity contribution in [1.82, 2.24) is 5.32 Å². The third-order valence-corrected chi connectivity index (χ3v) is 2.65. The Morgan fingerprint density at radius 2 is 2.15 bits per heavy atom. The normalized spacial score (nSPS) is 13.6. The third kappa shape index (κ3) is 5.54. The van der Waals surface area contributed by atoms with Crippen molar-refractivity contribution in [3.8, 4) is 5.75 Å². The summed E-state index contributed by atoms with van der Waals surface area (Å²) in [4.78, 5) is 11.7. The van der Waals surface area contributed by atoms with Crippen LogP contribution in [0.3, 0.4) is 0 Å². The van der Waals surface area contributed by atoms with E-state index in [2.05, 4.69) is 5.32 Å². The first kappa shape index (κ1) is 16.4. The smallest absolute Gasteiger partial charge is 0.260 e. The number of rotatable bonds is 8. The number of ether oxygens (including phenoxy) is 2. The number of amides is 1. The summed E-state index contributed by atoms with van der Waals surface area (Å²) in [7, 11) is 1.49. The number of hydrogen-bond acceptors (Lipinski definition) is 4. The van der Waals surface area contributed by atoms with E-state index in [1.165, 1.54) is 26.2 Å². The third-order valence-electron chi connectivity index (χ3n) is 2.65. The van der Waals surface area contributed by atoms with Crippen LogP contribution in [-0.4, -0.2) is 43.5 Å². The van der Waals surface area contributed by atoms with Crippen LogP contribution in [0.25, 0.3) is 0 Å². The van der Waals surface area contributed by atoms with Crippen molar-refractivity contribution in [2.24, 2.45) is 0 Å². The van der Waals surface area contributed by atoms with Crippen LogP contribution in [0.1, 0.15) is 13.3 Å². The standard InChI is InChI=1S/C14H20FNO4/c1-10(20-13-6-4-3-5-12(13)15)14(18)16-8-7-11(17)9-19-2/h3-6,10-11,17H,7-9H2,1-2H3,(H,16,18). The Bertz CT molecular complexity index is 427. The molecule has 0 aliphatic heterocycles. The van der Waals surface area contributed by atoms with Crippen LogP contribution in [0.2, 0.25) is 0 Å². The van der Waals surface area contributed by atoms with Gasteiger partial charge < -0.3 is 19.9 Å². The van der Waals surface area contributed by atoms with Gasteiger partial charge >= 0.3 is 0 Å². The molecule has 0 aliphatic rings. The van der Waals surface area contributed by atoms with Gasteiger partial charge in [-0.15, -0.1) is 0 Å². The SMILES string of the molecule is COCC(O)CCNC(=O)C(C)Oc1ccccc1F. The summed E-state index contributed by atoms with van der Waals surface area (Å²) in [6, 6.07) is 5.90. The van der Waals surface area contributed by atoms with Gasteiger partial charge in [-0.1, -0.05) is 12.1 Å². The molecule has 0 spiro atoms. The molecule has 0 aromatic heterocycles. The molecule has 6 heteroatoms. The minimum Gasteiger partial charge on any atom is -0.478 e. The van der Waals surface area contributed by atoms with Crippen molar-refractivity contribution < 1.29 is 23.8 Å². The average molecular weight is 285 g/mol. The Balaban J connectivity index is 2.34. The molecule has 5 nitrogen and oxygen atoms in total. The molecule has 0 saturated carbocycles. The molecule has 0 saturated heterocycles. The van der Waals surface area contributed by atoms with Gasteiger partial charge in [-0.2, -0.15) is 0 Å². The minimum atomic E-state index is -0.813. The molecular formula is C14H20FNO4. The largest absolute Gasteiger partial charge is 0.478 e. The molecule has 2 unspecified atom stereocenters. The van der Waals surface area contributed by atoms with E-state index in [0.717, 1.165) is 0 Å². The van der Waals surface area contributed by atoms with E-state index in [1.54, 1.807) is 12.1 Å². The number of para-hydroxylation sites is 1. The number of methoxy groups -OCH3 is 1. The lowest BCUT2D eigenvalue weighted by atomic mass is 10.2. The van der Waals surface area contributed by atoms with E-state index < -0.39 is 18.0 Å². The number of carbonyl (C=O) groups is 1. The van der Waals surface area contributed by atoms with E-state index >= 15 is 0 Å². The highest BCUT2D eigenvalue weighted by Gasteiger charge is 2.16. The highest BCUT2D eigenvalue weighted by atomic mass is 19.1. The Morgan fingerprint density at radius 3 is 2.80 bits per heavy atom. The van der Waals surface area contributed by atoms with Crippen molar-refractivity contribution in [3.05, 3.63) is 30.1 Å². The number of halogens is 1. The van der Waals surface area contributed by atoms with Gasteiger partial charge in [-0.3, -0.25) is 4.79 Å². The molecule has 1 aromatic carbocycles. The van der Waals surface area contributed by atoms with E-state index in [0.29, 0.717) is 13.0 Å². The quantitative estimate of drug-likeness (QED) is 0.751. The average Bonchev–Trinajstić information content (AvgIpc) is 2.41. The second-order valence-electron chi connectivity index (χ2n) is 4.38. The van der Waals surface area contributed by atoms with Gasteiger partial charge in [0.05, 0.1) is 12.7 Å². The number of aliphatic hydroxyl groups excluding tert-OH is 1. The Morgan fingerprint density at radius 1 is 1.45 bits per heavy atom. The fourth-order valence-corrected chi connectivity index (χ4v) is 1.57. The van der Waals surface area contributed by atoms with E-state index in [4.69, 9.17) is 9.47 Å². The number of aliphatic hydroxyl groups is 1. The van der Waals surface area contributed by atoms with E-state index in [1.807, 2.05) is 0 Å². The lowest BCUT2D eigenvalue weighted by Crippen LogP contribution is -2.38. The highest BCUT2D eigenvalue weighted by Crippen LogP contribution is 2.16. The van der Waals surface area contributed by atoms with Crippen molar-refractivity contribution in [2.75, 3.05) is 20.3 Å². The number of nitrogens with one attached hydrogen (secondary N) is 1. The highest BCUT2D eigenvalue weighted by molar-refractivity contribution is 5.80. The topological polar surface area (TPSA) is 67.8 Å². The number of benzene rings is 1. The van der Waals surface area contributed by atoms with E-state index in [-0.39, 0.29) is 18.3 Å². The summed E-state index contributed by atoms with van der Waals surface area (Å²) in [5.41, 5.74) is 0. The molecule has 1 rings (SSSR count). The molecule has 1 amide bonds. The van der Waals surface area contributed by atoms with Gasteiger partial charge in [-0.05, 0) is 25.5 Å². The number of hydrogen-bond donors (Lipinski definition) is 2. The predicted octanol–water partition coefficient (Wildman–Crippen LogP) is 1.11. The first-order chi connectivity index (χ1) is 9.54. The number of carbonyl (C=O) groups excluding carboxylic acids is 1. The van der Waals surface area contributed by atoms with Crippen molar-refractivity contribution in [3.63, 3.8) is 0 Å². The van der Waals surface area contributed by atoms with Crippen LogP contribution < -0.4 is 10.1 Å². The second kappa shape index (κ2) is 8.50. The first-order valence-corrected chi connectivity index (χ1v) is 6.40. The molecule has 112 valence electrons. The summed E-state index contributed by atoms with van der Waals surface area (Å²) >= 11 is 0. The van der Waals surface area contributed by atoms with Gasteiger partial charge in [-0.25, -0.2) is 4.39 Å². The zero-order valence-corrected chi connectivity index (χ0v) is 11.6. The predicted molar refractivity (Wildman–Crippen MR) is 72.0 cm³/mol. The molecule has 0 heterocycles. The van der Waals surface area contributed by atoms with Crippen LogP contribution in [0.5, 0.6) is 5.75 Å². The summed E-state index contributed by atoms with van der Waals surface area (Å²) < 4.78 is 23.4. The Kier molecular flexibility index (Phi) is 6.97. The van der Waals surface area contributed by atoms with Crippen molar-refractivity contribution in [2.45, 2.75) is 25.6 Å². The van der Waals surface area contributed by atoms with Crippen LogP contribution in [0.15, 0.2) is 24.3 Å². The summed E-state index contributed by atoms with van der Waals surface area (Å²) in [5.74, 6) is -0.838. The van der Waals surface area contributed by atoms with Crippen LogP contribution in [0.4, 0.5) is 4.39 Å². The lowest BCUT2D eigenvalue weighted by Gasteiger charge is -2.16. The second-order valence-corrected chi connectivity index (χ2v) is 4.38. The molecule has 0 radical (unpaired) electrons. The zero-order chi connectivity index (χ0) is 15.0. The van der Waals surface area contributed by atoms with E-state index in [9.17, 15) is 14.3 Å². The molecule has 2 atom stereocenters. The molecular weight excluding hydrogens is 265 g/mol. The molecule has 2 N–H and O–H groups in total. The fourth-order valence-electron chi connectivity index (χ4n) is 1.57. The maximum atomic E-state index is 13.4. The van der Waals surface area contributed by atoms with Gasteiger partial charge in [0.1, 0.15) is 0 Å². The fraction of sp³-hybridized carbons (Fsp3) is 0.500. The summed E-state index contributed by atoms with van der Waals surface area (Å²) in [5, 5.41) is 12.0. The van der Waals surface area contributed by atoms with Crippen LogP contribution in [-0.2, 0) is 9.53 Å². The van der Waals surface area contributed by atoms with Gasteiger partial charge in [0.25, 0.3) is 5.91 Å². The van der Waals surface area contributed by atoms with Crippen molar-refractivity contribution >= 4 is 5.91 Å². The van der Waals surface area contributed by atoms with Gasteiger partial charge in [0, 0.05) is 13.7 Å². The molecule has 20 heavy (non-hydrogen) atoms. The Hall–Kier alpha value is -1.66. The molecule has 0 aliphatic carbocycles. The lowest BCUT2D eigenvalue weighted by molar-refractivity contribution is -0.127. The monoisotopic (exact) mass is 285 g/mol. The van der Waals surface area contributed by atoms with Crippen LogP contribution >= 0.6 is 0 Å². The Labute approximate surface area is 117 Å². The minimum absolute atomic E-state index is 0.0366. The van der Waals surface area contributed by atoms with Gasteiger partial charge in [0.15, 0.2) is 17.7 Å². The summed E-state index contributed by atoms with van der Waals surface area (Å²) in [6.07, 6.45) is -1.05. The first-order valence-electron chi connectivity index (χ1n) is 6.40. The molecule has 0 fully saturated rings. The maximum Gasteiger partial charge on any atom is 0.260 e. The maximum absolute atomic E-state index is 13.4. The molecule has 1 aromatic rings. The zero-order valence-electron chi connectivity index (χ0n) is 11.6. The van der Waals surface area contributed by atoms with Gasteiger partial charge in [0.2, 0.25) is 0 Å². The molecule has 0 bridgehead atoms. The van der Waals surface area contributed by atoms with Crippen molar-refractivity contribution in [1.29, 1.82) is 0 Å².